The zero-order chi connectivity index (χ0) is 16.6. The molecule has 2 heterocycles. The first-order chi connectivity index (χ1) is 11.8. The van der Waals surface area contributed by atoms with Crippen molar-refractivity contribution in [3.05, 3.63) is 48.3 Å². The number of anilines is 1. The number of aromatic nitrogens is 2. The minimum absolute atomic E-state index is 0.655. The maximum Gasteiger partial charge on any atom is 0.225 e. The van der Waals surface area contributed by atoms with E-state index < -0.39 is 0 Å². The summed E-state index contributed by atoms with van der Waals surface area (Å²) in [5.74, 6) is 1.64. The molecule has 0 atom stereocenters. The number of rotatable bonds is 6. The quantitative estimate of drug-likeness (QED) is 0.757. The molecule has 6 heteroatoms. The van der Waals surface area contributed by atoms with Gasteiger partial charge in [0, 0.05) is 45.1 Å². The van der Waals surface area contributed by atoms with Gasteiger partial charge >= 0.3 is 0 Å². The molecule has 24 heavy (non-hydrogen) atoms. The van der Waals surface area contributed by atoms with Crippen molar-refractivity contribution in [2.24, 2.45) is 0 Å². The van der Waals surface area contributed by atoms with Crippen LogP contribution >= 0.6 is 0 Å². The van der Waals surface area contributed by atoms with Crippen molar-refractivity contribution in [3.8, 4) is 11.8 Å². The van der Waals surface area contributed by atoms with E-state index in [1.165, 1.54) is 0 Å². The van der Waals surface area contributed by atoms with Gasteiger partial charge in [0.2, 0.25) is 5.95 Å². The van der Waals surface area contributed by atoms with Crippen LogP contribution < -0.4 is 9.64 Å². The molecule has 2 aromatic rings. The van der Waals surface area contributed by atoms with Gasteiger partial charge in [-0.15, -0.1) is 0 Å². The van der Waals surface area contributed by atoms with Gasteiger partial charge in [0.25, 0.3) is 0 Å². The number of piperazine rings is 1. The van der Waals surface area contributed by atoms with Crippen LogP contribution in [0.15, 0.2) is 42.7 Å². The summed E-state index contributed by atoms with van der Waals surface area (Å²) in [7, 11) is 0. The summed E-state index contributed by atoms with van der Waals surface area (Å²) in [6.45, 7) is 5.68. The van der Waals surface area contributed by atoms with Crippen molar-refractivity contribution >= 4 is 5.95 Å². The maximum absolute atomic E-state index is 8.77. The van der Waals surface area contributed by atoms with Crippen molar-refractivity contribution in [3.63, 3.8) is 0 Å². The Balaban J connectivity index is 1.34. The standard InChI is InChI=1S/C18H21N5O/c19-15-16-3-5-17(6-4-16)24-14-2-9-22-10-12-23(13-11-22)18-20-7-1-8-21-18/h1,3-8H,2,9-14H2. The fourth-order valence-corrected chi connectivity index (χ4v) is 2.73. The molecule has 0 aliphatic carbocycles. The van der Waals surface area contributed by atoms with Crippen LogP contribution in [0, 0.1) is 11.3 Å². The lowest BCUT2D eigenvalue weighted by atomic mass is 10.2. The summed E-state index contributed by atoms with van der Waals surface area (Å²) in [6.07, 6.45) is 4.56. The van der Waals surface area contributed by atoms with Crippen LogP contribution in [0.2, 0.25) is 0 Å². The van der Waals surface area contributed by atoms with Gasteiger partial charge in [0.1, 0.15) is 5.75 Å². The second-order valence-electron chi connectivity index (χ2n) is 5.72. The SMILES string of the molecule is N#Cc1ccc(OCCCN2CCN(c3ncccn3)CC2)cc1. The monoisotopic (exact) mass is 323 g/mol. The molecule has 1 aliphatic rings. The third kappa shape index (κ3) is 4.43. The molecule has 1 saturated heterocycles. The zero-order valence-electron chi connectivity index (χ0n) is 13.6. The average Bonchev–Trinajstić information content (AvgIpc) is 2.67. The lowest BCUT2D eigenvalue weighted by Gasteiger charge is -2.34. The normalized spacial score (nSPS) is 15.0. The first-order valence-electron chi connectivity index (χ1n) is 8.22. The largest absolute Gasteiger partial charge is 0.494 e. The molecule has 0 radical (unpaired) electrons. The van der Waals surface area contributed by atoms with Crippen LogP contribution in [0.25, 0.3) is 0 Å². The number of nitriles is 1. The van der Waals surface area contributed by atoms with E-state index in [1.807, 2.05) is 18.2 Å². The van der Waals surface area contributed by atoms with Crippen LogP contribution in [0.1, 0.15) is 12.0 Å². The highest BCUT2D eigenvalue weighted by atomic mass is 16.5. The summed E-state index contributed by atoms with van der Waals surface area (Å²) >= 11 is 0. The molecule has 3 rings (SSSR count). The molecule has 0 N–H and O–H groups in total. The number of benzene rings is 1. The molecule has 0 bridgehead atoms. The van der Waals surface area contributed by atoms with E-state index in [1.54, 1.807) is 24.5 Å². The van der Waals surface area contributed by atoms with E-state index in [0.717, 1.165) is 50.8 Å². The number of hydrogen-bond donors (Lipinski definition) is 0. The molecule has 124 valence electrons. The fraction of sp³-hybridized carbons (Fsp3) is 0.389. The second kappa shape index (κ2) is 8.27. The Kier molecular flexibility index (Phi) is 5.59. The minimum Gasteiger partial charge on any atom is -0.494 e. The molecular weight excluding hydrogens is 302 g/mol. The van der Waals surface area contributed by atoms with Gasteiger partial charge < -0.3 is 9.64 Å². The first kappa shape index (κ1) is 16.2. The zero-order valence-corrected chi connectivity index (χ0v) is 13.6. The molecule has 0 spiro atoms. The Morgan fingerprint density at radius 1 is 1.04 bits per heavy atom. The molecular formula is C18H21N5O. The molecule has 1 fully saturated rings. The molecule has 6 nitrogen and oxygen atoms in total. The minimum atomic E-state index is 0.655. The van der Waals surface area contributed by atoms with E-state index in [2.05, 4.69) is 25.8 Å². The summed E-state index contributed by atoms with van der Waals surface area (Å²) in [5.41, 5.74) is 0.655. The Labute approximate surface area is 142 Å². The van der Waals surface area contributed by atoms with E-state index in [9.17, 15) is 0 Å². The number of nitrogens with zero attached hydrogens (tertiary/aromatic N) is 5. The van der Waals surface area contributed by atoms with Crippen LogP contribution in [0.3, 0.4) is 0 Å². The third-order valence-corrected chi connectivity index (χ3v) is 4.08. The van der Waals surface area contributed by atoms with Crippen molar-refractivity contribution in [2.75, 3.05) is 44.2 Å². The lowest BCUT2D eigenvalue weighted by molar-refractivity contribution is 0.224. The molecule has 0 amide bonds. The molecule has 1 aromatic carbocycles. The summed E-state index contributed by atoms with van der Waals surface area (Å²) in [6, 6.07) is 11.2. The van der Waals surface area contributed by atoms with E-state index in [4.69, 9.17) is 10.00 Å². The summed E-state index contributed by atoms with van der Waals surface area (Å²) in [5, 5.41) is 8.77. The van der Waals surface area contributed by atoms with Gasteiger partial charge in [0.15, 0.2) is 0 Å². The molecule has 0 unspecified atom stereocenters. The highest BCUT2D eigenvalue weighted by Gasteiger charge is 2.18. The lowest BCUT2D eigenvalue weighted by Crippen LogP contribution is -2.47. The third-order valence-electron chi connectivity index (χ3n) is 4.08. The van der Waals surface area contributed by atoms with Gasteiger partial charge in [-0.25, -0.2) is 9.97 Å². The van der Waals surface area contributed by atoms with Crippen molar-refractivity contribution in [1.82, 2.24) is 14.9 Å². The Bertz CT molecular complexity index is 660. The smallest absolute Gasteiger partial charge is 0.225 e. The van der Waals surface area contributed by atoms with Gasteiger partial charge in [-0.3, -0.25) is 4.90 Å². The van der Waals surface area contributed by atoms with Crippen molar-refractivity contribution < 1.29 is 4.74 Å². The van der Waals surface area contributed by atoms with E-state index in [-0.39, 0.29) is 0 Å². The maximum atomic E-state index is 8.77. The molecule has 0 saturated carbocycles. The first-order valence-corrected chi connectivity index (χ1v) is 8.22. The number of hydrogen-bond acceptors (Lipinski definition) is 6. The predicted molar refractivity (Wildman–Crippen MR) is 92.0 cm³/mol. The van der Waals surface area contributed by atoms with Gasteiger partial charge in [-0.2, -0.15) is 5.26 Å². The highest BCUT2D eigenvalue weighted by molar-refractivity contribution is 5.34. The van der Waals surface area contributed by atoms with Crippen LogP contribution in [-0.2, 0) is 0 Å². The number of ether oxygens (including phenoxy) is 1. The summed E-state index contributed by atoms with van der Waals surface area (Å²) < 4.78 is 5.72. The molecule has 1 aromatic heterocycles. The fourth-order valence-electron chi connectivity index (χ4n) is 2.73. The van der Waals surface area contributed by atoms with Crippen LogP contribution in [0.5, 0.6) is 5.75 Å². The second-order valence-corrected chi connectivity index (χ2v) is 5.72. The summed E-state index contributed by atoms with van der Waals surface area (Å²) in [4.78, 5) is 13.3. The predicted octanol–water partition coefficient (Wildman–Crippen LogP) is 1.94. The highest BCUT2D eigenvalue weighted by Crippen LogP contribution is 2.13. The molecule has 1 aliphatic heterocycles. The van der Waals surface area contributed by atoms with E-state index >= 15 is 0 Å². The Morgan fingerprint density at radius 3 is 2.42 bits per heavy atom. The topological polar surface area (TPSA) is 65.3 Å². The van der Waals surface area contributed by atoms with Crippen LogP contribution in [-0.4, -0.2) is 54.2 Å². The Hall–Kier alpha value is -2.65. The Morgan fingerprint density at radius 2 is 1.75 bits per heavy atom. The van der Waals surface area contributed by atoms with Gasteiger partial charge in [-0.1, -0.05) is 0 Å². The van der Waals surface area contributed by atoms with E-state index in [0.29, 0.717) is 12.2 Å². The van der Waals surface area contributed by atoms with Gasteiger partial charge in [0.05, 0.1) is 18.2 Å². The van der Waals surface area contributed by atoms with Crippen molar-refractivity contribution in [1.29, 1.82) is 5.26 Å². The average molecular weight is 323 g/mol. The van der Waals surface area contributed by atoms with Crippen molar-refractivity contribution in [2.45, 2.75) is 6.42 Å². The van der Waals surface area contributed by atoms with Gasteiger partial charge in [-0.05, 0) is 36.8 Å². The van der Waals surface area contributed by atoms with Crippen LogP contribution in [0.4, 0.5) is 5.95 Å².